The highest BCUT2D eigenvalue weighted by molar-refractivity contribution is 5.81. The number of hydrogen-bond donors (Lipinski definition) is 2. The van der Waals surface area contributed by atoms with Crippen molar-refractivity contribution in [2.24, 2.45) is 0 Å². The molecule has 0 bridgehead atoms. The molecule has 1 aromatic rings. The van der Waals surface area contributed by atoms with Gasteiger partial charge in [-0.2, -0.15) is 4.98 Å². The number of nitrogens with one attached hydrogen (secondary N) is 1. The lowest BCUT2D eigenvalue weighted by Crippen LogP contribution is -2.52. The van der Waals surface area contributed by atoms with Gasteiger partial charge in [-0.15, -0.1) is 0 Å². The maximum Gasteiger partial charge on any atom is 0.349 e. The van der Waals surface area contributed by atoms with Crippen molar-refractivity contribution in [2.75, 3.05) is 6.54 Å². The number of rotatable bonds is 2. The normalized spacial score (nSPS) is 11.4. The van der Waals surface area contributed by atoms with Crippen molar-refractivity contribution in [3.63, 3.8) is 0 Å². The molecule has 2 heterocycles. The monoisotopic (exact) mass is 286 g/mol. The number of aryl methyl sites for hydroxylation is 2. The molecule has 1 aromatic carbocycles. The first-order chi connectivity index (χ1) is 10.0. The Morgan fingerprint density at radius 1 is 1.19 bits per heavy atom. The van der Waals surface area contributed by atoms with Crippen LogP contribution in [-0.2, 0) is 6.54 Å². The molecule has 3 rings (SSSR count). The molecule has 0 fully saturated rings. The lowest BCUT2D eigenvalue weighted by molar-refractivity contribution is -0.369. The Kier molecular flexibility index (Phi) is 3.06. The molecule has 108 valence electrons. The van der Waals surface area contributed by atoms with Crippen LogP contribution in [0.5, 0.6) is 0 Å². The number of aromatic nitrogens is 4. The highest BCUT2D eigenvalue weighted by Gasteiger charge is 2.18. The third kappa shape index (κ3) is 2.11. The van der Waals surface area contributed by atoms with Crippen molar-refractivity contribution < 1.29 is 5.73 Å². The second-order valence-electron chi connectivity index (χ2n) is 5.09. The quantitative estimate of drug-likeness (QED) is 0.616. The van der Waals surface area contributed by atoms with Crippen molar-refractivity contribution >= 4 is 11.0 Å². The van der Waals surface area contributed by atoms with E-state index < -0.39 is 11.2 Å². The summed E-state index contributed by atoms with van der Waals surface area (Å²) in [6, 6.07) is 3.94. The number of hydrogen-bond acceptors (Lipinski definition) is 4. The van der Waals surface area contributed by atoms with Crippen LogP contribution in [0.15, 0.2) is 21.7 Å². The van der Waals surface area contributed by atoms with Gasteiger partial charge in [-0.05, 0) is 37.1 Å². The summed E-state index contributed by atoms with van der Waals surface area (Å²) in [5.41, 5.74) is 6.64. The third-order valence-electron chi connectivity index (χ3n) is 3.61. The molecule has 7 heteroatoms. The van der Waals surface area contributed by atoms with Crippen LogP contribution in [0.4, 0.5) is 0 Å². The molecular weight excluding hydrogens is 270 g/mol. The van der Waals surface area contributed by atoms with Gasteiger partial charge in [0.1, 0.15) is 0 Å². The zero-order valence-corrected chi connectivity index (χ0v) is 11.9. The van der Waals surface area contributed by atoms with E-state index in [2.05, 4.69) is 20.7 Å². The van der Waals surface area contributed by atoms with E-state index in [9.17, 15) is 9.59 Å². The van der Waals surface area contributed by atoms with Gasteiger partial charge < -0.3 is 10.3 Å². The van der Waals surface area contributed by atoms with Gasteiger partial charge >= 0.3 is 5.69 Å². The topological polar surface area (TPSA) is 108 Å². The van der Waals surface area contributed by atoms with Crippen molar-refractivity contribution in [1.82, 2.24) is 19.5 Å². The molecule has 4 N–H and O–H groups in total. The second kappa shape index (κ2) is 4.78. The predicted molar refractivity (Wildman–Crippen MR) is 78.3 cm³/mol. The van der Waals surface area contributed by atoms with Crippen molar-refractivity contribution in [1.29, 1.82) is 0 Å². The predicted octanol–water partition coefficient (Wildman–Crippen LogP) is -0.557. The lowest BCUT2D eigenvalue weighted by Gasteiger charge is -2.16. The third-order valence-corrected chi connectivity index (χ3v) is 3.61. The van der Waals surface area contributed by atoms with Gasteiger partial charge in [0.15, 0.2) is 11.5 Å². The standard InChI is InChI=1S/C14H15N5O2/c1-7-5-9-10(6-8(7)2)19(4-3-15)12-11(16-9)13(20)18-14(21)17-12/h5-6H,3-4,15H2,1-2H3,(H,18,20,21)/p+1. The number of quaternary nitrogens is 1. The first kappa shape index (κ1) is 13.4. The Balaban J connectivity index is 2.55. The summed E-state index contributed by atoms with van der Waals surface area (Å²) in [7, 11) is 0. The summed E-state index contributed by atoms with van der Waals surface area (Å²) < 4.78 is 1.84. The van der Waals surface area contributed by atoms with E-state index in [0.717, 1.165) is 16.6 Å². The molecule has 0 unspecified atom stereocenters. The Morgan fingerprint density at radius 2 is 1.90 bits per heavy atom. The minimum Gasteiger partial charge on any atom is -0.356 e. The second-order valence-corrected chi connectivity index (χ2v) is 5.09. The Labute approximate surface area is 119 Å². The Bertz CT molecular complexity index is 925. The average Bonchev–Trinajstić information content (AvgIpc) is 2.42. The molecule has 7 nitrogen and oxygen atoms in total. The molecule has 0 aromatic heterocycles. The van der Waals surface area contributed by atoms with Crippen molar-refractivity contribution in [2.45, 2.75) is 20.4 Å². The molecule has 0 saturated heterocycles. The SMILES string of the molecule is Cc1cc2nc3c(=O)[nH]c(=O)nc-3n(CC[NH3+])c2cc1C. The zero-order chi connectivity index (χ0) is 15.1. The first-order valence-corrected chi connectivity index (χ1v) is 6.72. The molecule has 21 heavy (non-hydrogen) atoms. The minimum atomic E-state index is -0.657. The number of nitrogens with zero attached hydrogens (tertiary/aromatic N) is 3. The molecule has 2 aliphatic rings. The lowest BCUT2D eigenvalue weighted by atomic mass is 10.1. The van der Waals surface area contributed by atoms with Crippen LogP contribution in [0.3, 0.4) is 0 Å². The zero-order valence-electron chi connectivity index (χ0n) is 11.9. The van der Waals surface area contributed by atoms with E-state index in [1.807, 2.05) is 30.5 Å². The fourth-order valence-corrected chi connectivity index (χ4v) is 2.43. The number of benzene rings is 1. The highest BCUT2D eigenvalue weighted by Crippen LogP contribution is 2.23. The van der Waals surface area contributed by atoms with Crippen molar-refractivity contribution in [3.8, 4) is 11.5 Å². The summed E-state index contributed by atoms with van der Waals surface area (Å²) in [6.45, 7) is 5.19. The number of aromatic amines is 1. The summed E-state index contributed by atoms with van der Waals surface area (Å²) >= 11 is 0. The van der Waals surface area contributed by atoms with Crippen LogP contribution < -0.4 is 17.0 Å². The maximum absolute atomic E-state index is 12.0. The molecule has 0 aliphatic carbocycles. The summed E-state index contributed by atoms with van der Waals surface area (Å²) in [4.78, 5) is 33.9. The van der Waals surface area contributed by atoms with E-state index in [-0.39, 0.29) is 5.69 Å². The van der Waals surface area contributed by atoms with Gasteiger partial charge in [0.2, 0.25) is 0 Å². The fourth-order valence-electron chi connectivity index (χ4n) is 2.43. The minimum absolute atomic E-state index is 0.179. The van der Waals surface area contributed by atoms with Gasteiger partial charge in [-0.1, -0.05) is 0 Å². The van der Waals surface area contributed by atoms with Gasteiger partial charge in [-0.3, -0.25) is 9.78 Å². The maximum atomic E-state index is 12.0. The van der Waals surface area contributed by atoms with E-state index in [1.54, 1.807) is 0 Å². The van der Waals surface area contributed by atoms with Crippen LogP contribution in [0, 0.1) is 13.8 Å². The Morgan fingerprint density at radius 3 is 2.62 bits per heavy atom. The van der Waals surface area contributed by atoms with E-state index in [1.165, 1.54) is 0 Å². The van der Waals surface area contributed by atoms with E-state index in [0.29, 0.717) is 24.4 Å². The molecule has 0 amide bonds. The van der Waals surface area contributed by atoms with Gasteiger partial charge in [0.05, 0.1) is 24.1 Å². The molecule has 0 atom stereocenters. The number of fused-ring (bicyclic) bond motifs is 2. The first-order valence-electron chi connectivity index (χ1n) is 6.72. The van der Waals surface area contributed by atoms with Crippen LogP contribution >= 0.6 is 0 Å². The van der Waals surface area contributed by atoms with Gasteiger partial charge in [0, 0.05) is 0 Å². The van der Waals surface area contributed by atoms with Crippen LogP contribution in [0.1, 0.15) is 11.1 Å². The van der Waals surface area contributed by atoms with E-state index >= 15 is 0 Å². The van der Waals surface area contributed by atoms with Gasteiger partial charge in [-0.25, -0.2) is 9.78 Å². The molecule has 0 saturated carbocycles. The largest absolute Gasteiger partial charge is 0.356 e. The average molecular weight is 286 g/mol. The highest BCUT2D eigenvalue weighted by atomic mass is 16.2. The fraction of sp³-hybridized carbons (Fsp3) is 0.286. The van der Waals surface area contributed by atoms with E-state index in [4.69, 9.17) is 0 Å². The van der Waals surface area contributed by atoms with Crippen molar-refractivity contribution in [3.05, 3.63) is 44.1 Å². The summed E-state index contributed by atoms with van der Waals surface area (Å²) in [6.07, 6.45) is 0. The number of H-pyrrole nitrogens is 1. The van der Waals surface area contributed by atoms with Crippen LogP contribution in [-0.4, -0.2) is 26.1 Å². The molecule has 0 radical (unpaired) electrons. The van der Waals surface area contributed by atoms with Gasteiger partial charge in [0.25, 0.3) is 5.56 Å². The van der Waals surface area contributed by atoms with Crippen LogP contribution in [0.2, 0.25) is 0 Å². The smallest absolute Gasteiger partial charge is 0.349 e. The molecule has 2 aliphatic heterocycles. The summed E-state index contributed by atoms with van der Waals surface area (Å²) in [5.74, 6) is 0.308. The Hall–Kier alpha value is -2.54. The molecule has 0 spiro atoms. The summed E-state index contributed by atoms with van der Waals surface area (Å²) in [5, 5.41) is 0. The molecular formula is C14H16N5O2+. The van der Waals surface area contributed by atoms with Crippen LogP contribution in [0.25, 0.3) is 22.6 Å².